The largest absolute Gasteiger partial charge is 0.340 e. The first kappa shape index (κ1) is 16.9. The molecule has 0 aliphatic heterocycles. The quantitative estimate of drug-likeness (QED) is 0.610. The Hall–Kier alpha value is -2.49. The summed E-state index contributed by atoms with van der Waals surface area (Å²) in [6, 6.07) is 2.16. The van der Waals surface area contributed by atoms with E-state index >= 15 is 0 Å². The average Bonchev–Trinajstić information content (AvgIpc) is 2.77. The van der Waals surface area contributed by atoms with Gasteiger partial charge in [-0.05, 0) is 26.8 Å². The van der Waals surface area contributed by atoms with Gasteiger partial charge in [0.25, 0.3) is 5.69 Å². The van der Waals surface area contributed by atoms with Crippen molar-refractivity contribution in [2.75, 3.05) is 6.26 Å². The van der Waals surface area contributed by atoms with Crippen LogP contribution in [0.4, 0.5) is 5.69 Å². The Kier molecular flexibility index (Phi) is 3.89. The molecule has 0 atom stereocenters. The molecule has 9 nitrogen and oxygen atoms in total. The lowest BCUT2D eigenvalue weighted by atomic mass is 9.98. The van der Waals surface area contributed by atoms with Crippen molar-refractivity contribution in [3.63, 3.8) is 0 Å². The first-order chi connectivity index (χ1) is 10.4. The molecule has 2 aromatic rings. The van der Waals surface area contributed by atoms with Crippen molar-refractivity contribution < 1.29 is 23.0 Å². The predicted octanol–water partition coefficient (Wildman–Crippen LogP) is 1.35. The zero-order valence-electron chi connectivity index (χ0n) is 12.9. The molecule has 0 saturated carbocycles. The lowest BCUT2D eigenvalue weighted by Gasteiger charge is -2.15. The molecule has 124 valence electrons. The number of carbonyl (C=O) groups excluding carboxylic acids is 1. The summed E-state index contributed by atoms with van der Waals surface area (Å²) >= 11 is 0. The van der Waals surface area contributed by atoms with Gasteiger partial charge in [-0.2, -0.15) is 0 Å². The van der Waals surface area contributed by atoms with Crippen molar-refractivity contribution in [1.29, 1.82) is 0 Å². The summed E-state index contributed by atoms with van der Waals surface area (Å²) in [7, 11) is -3.84. The number of aromatic nitrogens is 2. The monoisotopic (exact) mass is 341 g/mol. The molecular weight excluding hydrogens is 326 g/mol. The van der Waals surface area contributed by atoms with E-state index in [4.69, 9.17) is 4.84 Å². The van der Waals surface area contributed by atoms with E-state index in [-0.39, 0.29) is 10.9 Å². The molecule has 1 heterocycles. The van der Waals surface area contributed by atoms with Crippen LogP contribution in [0.15, 0.2) is 23.2 Å². The standard InChI is InChI=1S/C13H15N3O6S/c1-13(2,3)12(17)22-15-9-6-11(23(4,20)21)10(16(18)19)5-8(9)7-14-15/h5-7H,1-4H3. The smallest absolute Gasteiger partial charge is 0.318 e. The third-order valence-corrected chi connectivity index (χ3v) is 4.12. The van der Waals surface area contributed by atoms with Crippen LogP contribution in [0.25, 0.3) is 10.9 Å². The Labute approximate surface area is 131 Å². The summed E-state index contributed by atoms with van der Waals surface area (Å²) in [5.41, 5.74) is -1.20. The first-order valence-electron chi connectivity index (χ1n) is 6.50. The molecule has 1 aromatic heterocycles. The van der Waals surface area contributed by atoms with Gasteiger partial charge in [0.15, 0.2) is 9.84 Å². The Balaban J connectivity index is 2.65. The van der Waals surface area contributed by atoms with Crippen LogP contribution in [-0.4, -0.2) is 35.5 Å². The molecule has 0 fully saturated rings. The third-order valence-electron chi connectivity index (χ3n) is 2.99. The summed E-state index contributed by atoms with van der Waals surface area (Å²) < 4.78 is 23.5. The van der Waals surface area contributed by atoms with E-state index in [1.807, 2.05) is 0 Å². The molecule has 0 bridgehead atoms. The number of hydrogen-bond acceptors (Lipinski definition) is 7. The van der Waals surface area contributed by atoms with Gasteiger partial charge in [-0.1, -0.05) is 4.85 Å². The van der Waals surface area contributed by atoms with Crippen LogP contribution in [0, 0.1) is 15.5 Å². The second-order valence-corrected chi connectivity index (χ2v) is 8.04. The lowest BCUT2D eigenvalue weighted by molar-refractivity contribution is -0.387. The maximum absolute atomic E-state index is 11.9. The van der Waals surface area contributed by atoms with Crippen molar-refractivity contribution in [3.05, 3.63) is 28.4 Å². The number of nitro groups is 1. The molecule has 0 aliphatic carbocycles. The zero-order chi connectivity index (χ0) is 17.6. The van der Waals surface area contributed by atoms with Gasteiger partial charge in [-0.3, -0.25) is 10.1 Å². The Morgan fingerprint density at radius 1 is 1.35 bits per heavy atom. The van der Waals surface area contributed by atoms with Crippen LogP contribution in [-0.2, 0) is 14.6 Å². The highest BCUT2D eigenvalue weighted by molar-refractivity contribution is 7.90. The molecule has 0 saturated heterocycles. The number of rotatable bonds is 3. The number of carbonyl (C=O) groups is 1. The maximum Gasteiger partial charge on any atom is 0.340 e. The minimum Gasteiger partial charge on any atom is -0.318 e. The van der Waals surface area contributed by atoms with E-state index < -0.39 is 36.7 Å². The van der Waals surface area contributed by atoms with Crippen LogP contribution >= 0.6 is 0 Å². The SMILES string of the molecule is CC(C)(C)C(=O)On1ncc2cc([N+](=O)[O-])c(S(C)(=O)=O)cc21. The van der Waals surface area contributed by atoms with Gasteiger partial charge in [0.05, 0.1) is 16.5 Å². The molecule has 0 spiro atoms. The third kappa shape index (κ3) is 3.31. The summed E-state index contributed by atoms with van der Waals surface area (Å²) in [6.45, 7) is 4.94. The van der Waals surface area contributed by atoms with Crippen LogP contribution in [0.2, 0.25) is 0 Å². The molecule has 2 rings (SSSR count). The molecule has 0 amide bonds. The van der Waals surface area contributed by atoms with Gasteiger partial charge in [-0.25, -0.2) is 13.2 Å². The molecule has 0 N–H and O–H groups in total. The summed E-state index contributed by atoms with van der Waals surface area (Å²) in [5.74, 6) is -0.582. The van der Waals surface area contributed by atoms with E-state index in [0.717, 1.165) is 23.2 Å². The van der Waals surface area contributed by atoms with Gasteiger partial charge < -0.3 is 4.84 Å². The van der Waals surface area contributed by atoms with Gasteiger partial charge >= 0.3 is 5.97 Å². The van der Waals surface area contributed by atoms with Gasteiger partial charge in [0.2, 0.25) is 0 Å². The second kappa shape index (κ2) is 5.30. The van der Waals surface area contributed by atoms with Crippen molar-refractivity contribution in [3.8, 4) is 0 Å². The first-order valence-corrected chi connectivity index (χ1v) is 8.39. The van der Waals surface area contributed by atoms with Crippen molar-refractivity contribution >= 4 is 32.4 Å². The van der Waals surface area contributed by atoms with Crippen LogP contribution in [0.1, 0.15) is 20.8 Å². The molecule has 0 aliphatic rings. The number of benzene rings is 1. The Morgan fingerprint density at radius 3 is 2.43 bits per heavy atom. The van der Waals surface area contributed by atoms with E-state index in [1.54, 1.807) is 20.8 Å². The Morgan fingerprint density at radius 2 is 1.96 bits per heavy atom. The molecular formula is C13H15N3O6S. The fraction of sp³-hybridized carbons (Fsp3) is 0.385. The average molecular weight is 341 g/mol. The normalized spacial score (nSPS) is 12.3. The van der Waals surface area contributed by atoms with Crippen LogP contribution in [0.5, 0.6) is 0 Å². The molecule has 1 aromatic carbocycles. The van der Waals surface area contributed by atoms with E-state index in [9.17, 15) is 23.3 Å². The highest BCUT2D eigenvalue weighted by Gasteiger charge is 2.27. The molecule has 0 unspecified atom stereocenters. The van der Waals surface area contributed by atoms with Crippen LogP contribution in [0.3, 0.4) is 0 Å². The number of nitrogens with zero attached hydrogens (tertiary/aromatic N) is 3. The fourth-order valence-corrected chi connectivity index (χ4v) is 2.59. The summed E-state index contributed by atoms with van der Waals surface area (Å²) in [6.07, 6.45) is 2.12. The minimum atomic E-state index is -3.84. The molecule has 10 heteroatoms. The highest BCUT2D eigenvalue weighted by Crippen LogP contribution is 2.29. The fourth-order valence-electron chi connectivity index (χ4n) is 1.75. The predicted molar refractivity (Wildman–Crippen MR) is 80.5 cm³/mol. The number of fused-ring (bicyclic) bond motifs is 1. The zero-order valence-corrected chi connectivity index (χ0v) is 13.7. The summed E-state index contributed by atoms with van der Waals surface area (Å²) in [5, 5.41) is 15.2. The van der Waals surface area contributed by atoms with E-state index in [2.05, 4.69) is 5.10 Å². The van der Waals surface area contributed by atoms with Crippen molar-refractivity contribution in [1.82, 2.24) is 9.94 Å². The van der Waals surface area contributed by atoms with Gasteiger partial charge in [0.1, 0.15) is 10.4 Å². The number of nitro benzene ring substituents is 1. The van der Waals surface area contributed by atoms with E-state index in [0.29, 0.717) is 0 Å². The summed E-state index contributed by atoms with van der Waals surface area (Å²) in [4.78, 5) is 27.7. The minimum absolute atomic E-state index is 0.147. The second-order valence-electron chi connectivity index (χ2n) is 6.05. The van der Waals surface area contributed by atoms with Crippen molar-refractivity contribution in [2.24, 2.45) is 5.41 Å². The Bertz CT molecular complexity index is 908. The van der Waals surface area contributed by atoms with E-state index in [1.165, 1.54) is 6.20 Å². The highest BCUT2D eigenvalue weighted by atomic mass is 32.2. The molecule has 0 radical (unpaired) electrons. The number of hydrogen-bond donors (Lipinski definition) is 0. The van der Waals surface area contributed by atoms with Crippen molar-refractivity contribution in [2.45, 2.75) is 25.7 Å². The maximum atomic E-state index is 11.9. The van der Waals surface area contributed by atoms with Gasteiger partial charge in [-0.15, -0.1) is 5.10 Å². The number of sulfone groups is 1. The lowest BCUT2D eigenvalue weighted by Crippen LogP contribution is -2.31. The topological polar surface area (TPSA) is 121 Å². The van der Waals surface area contributed by atoms with Gasteiger partial charge in [0, 0.05) is 17.7 Å². The van der Waals surface area contributed by atoms with Crippen LogP contribution < -0.4 is 4.84 Å². The molecule has 23 heavy (non-hydrogen) atoms.